The number of nitrogens with zero attached hydrogens (tertiary/aromatic N) is 2. The summed E-state index contributed by atoms with van der Waals surface area (Å²) in [6, 6.07) is 9.37. The summed E-state index contributed by atoms with van der Waals surface area (Å²) in [5.74, 6) is -1.63. The lowest BCUT2D eigenvalue weighted by Crippen LogP contribution is -2.30. The van der Waals surface area contributed by atoms with Gasteiger partial charge < -0.3 is 14.8 Å². The summed E-state index contributed by atoms with van der Waals surface area (Å²) in [5, 5.41) is 13.5. The van der Waals surface area contributed by atoms with Crippen LogP contribution in [0, 0.1) is 10.1 Å². The second-order valence-corrected chi connectivity index (χ2v) is 9.19. The second kappa shape index (κ2) is 9.96. The lowest BCUT2D eigenvalue weighted by Gasteiger charge is -2.18. The van der Waals surface area contributed by atoms with Gasteiger partial charge in [0.15, 0.2) is 6.10 Å². The van der Waals surface area contributed by atoms with Gasteiger partial charge in [-0.2, -0.15) is 4.31 Å². The fraction of sp³-hybridized carbons (Fsp3) is 0.333. The first-order valence-corrected chi connectivity index (χ1v) is 11.5. The summed E-state index contributed by atoms with van der Waals surface area (Å²) in [6.45, 7) is 2.05. The van der Waals surface area contributed by atoms with Gasteiger partial charge in [0.1, 0.15) is 16.3 Å². The number of benzene rings is 2. The Bertz CT molecular complexity index is 1180. The van der Waals surface area contributed by atoms with Gasteiger partial charge in [-0.1, -0.05) is 12.1 Å². The Labute approximate surface area is 190 Å². The maximum Gasteiger partial charge on any atom is 0.338 e. The van der Waals surface area contributed by atoms with Crippen LogP contribution in [0.25, 0.3) is 0 Å². The smallest absolute Gasteiger partial charge is 0.338 e. The molecule has 11 nitrogen and oxygen atoms in total. The van der Waals surface area contributed by atoms with Crippen molar-refractivity contribution in [3.63, 3.8) is 0 Å². The van der Waals surface area contributed by atoms with Crippen molar-refractivity contribution in [1.82, 2.24) is 4.31 Å². The maximum absolute atomic E-state index is 13.0. The highest BCUT2D eigenvalue weighted by Crippen LogP contribution is 2.30. The highest BCUT2D eigenvalue weighted by Gasteiger charge is 2.31. The molecule has 3 rings (SSSR count). The lowest BCUT2D eigenvalue weighted by atomic mass is 10.2. The topological polar surface area (TPSA) is 145 Å². The number of amides is 1. The molecule has 1 aliphatic heterocycles. The fourth-order valence-corrected chi connectivity index (χ4v) is 5.03. The van der Waals surface area contributed by atoms with Crippen LogP contribution in [0.1, 0.15) is 30.1 Å². The van der Waals surface area contributed by atoms with Crippen LogP contribution < -0.4 is 10.1 Å². The molecular weight excluding hydrogens is 454 g/mol. The Morgan fingerprint density at radius 1 is 1.15 bits per heavy atom. The summed E-state index contributed by atoms with van der Waals surface area (Å²) in [5.41, 5.74) is -0.436. The van der Waals surface area contributed by atoms with Gasteiger partial charge in [-0.3, -0.25) is 14.9 Å². The molecule has 1 N–H and O–H groups in total. The molecule has 2 aromatic rings. The van der Waals surface area contributed by atoms with Crippen molar-refractivity contribution >= 4 is 33.3 Å². The molecule has 0 radical (unpaired) electrons. The van der Waals surface area contributed by atoms with Crippen molar-refractivity contribution in [2.45, 2.75) is 30.8 Å². The second-order valence-electron chi connectivity index (χ2n) is 7.29. The molecule has 0 aromatic heterocycles. The van der Waals surface area contributed by atoms with Gasteiger partial charge in [0.2, 0.25) is 10.0 Å². The van der Waals surface area contributed by atoms with E-state index in [4.69, 9.17) is 9.47 Å². The third-order valence-electron chi connectivity index (χ3n) is 5.09. The van der Waals surface area contributed by atoms with Crippen LogP contribution in [0.4, 0.5) is 11.4 Å². The first-order valence-electron chi connectivity index (χ1n) is 10.1. The van der Waals surface area contributed by atoms with E-state index in [0.717, 1.165) is 18.9 Å². The highest BCUT2D eigenvalue weighted by molar-refractivity contribution is 7.89. The van der Waals surface area contributed by atoms with Gasteiger partial charge >= 0.3 is 5.97 Å². The number of rotatable bonds is 8. The lowest BCUT2D eigenvalue weighted by molar-refractivity contribution is -0.383. The van der Waals surface area contributed by atoms with Crippen molar-refractivity contribution in [2.75, 3.05) is 25.5 Å². The molecule has 1 fully saturated rings. The molecule has 0 spiro atoms. The number of nitrogens with one attached hydrogen (secondary N) is 1. The zero-order valence-corrected chi connectivity index (χ0v) is 18.8. The van der Waals surface area contributed by atoms with Crippen LogP contribution in [0.3, 0.4) is 0 Å². The molecule has 1 aliphatic rings. The van der Waals surface area contributed by atoms with Gasteiger partial charge in [0, 0.05) is 19.2 Å². The van der Waals surface area contributed by atoms with Gasteiger partial charge in [0.25, 0.3) is 11.6 Å². The van der Waals surface area contributed by atoms with Crippen LogP contribution in [0.15, 0.2) is 47.4 Å². The number of sulfonamides is 1. The van der Waals surface area contributed by atoms with E-state index in [0.29, 0.717) is 13.1 Å². The molecule has 12 heteroatoms. The number of methoxy groups -OCH3 is 1. The average Bonchev–Trinajstić information content (AvgIpc) is 3.34. The van der Waals surface area contributed by atoms with Crippen LogP contribution in [-0.4, -0.2) is 55.8 Å². The number of ether oxygens (including phenoxy) is 2. The van der Waals surface area contributed by atoms with E-state index in [1.807, 2.05) is 0 Å². The minimum Gasteiger partial charge on any atom is -0.495 e. The number of hydrogen-bond acceptors (Lipinski definition) is 8. The van der Waals surface area contributed by atoms with Crippen LogP contribution in [-0.2, 0) is 19.6 Å². The van der Waals surface area contributed by atoms with Crippen molar-refractivity contribution in [3.8, 4) is 5.75 Å². The summed E-state index contributed by atoms with van der Waals surface area (Å²) >= 11 is 0. The first-order chi connectivity index (χ1) is 15.6. The third-order valence-corrected chi connectivity index (χ3v) is 7.01. The number of anilines is 1. The molecule has 1 heterocycles. The molecule has 0 saturated carbocycles. The number of para-hydroxylation sites is 2. The number of hydrogen-bond donors (Lipinski definition) is 1. The molecule has 1 saturated heterocycles. The maximum atomic E-state index is 13.0. The van der Waals surface area contributed by atoms with E-state index < -0.39 is 32.9 Å². The van der Waals surface area contributed by atoms with Crippen molar-refractivity contribution in [1.29, 1.82) is 0 Å². The Hall–Kier alpha value is -3.51. The summed E-state index contributed by atoms with van der Waals surface area (Å²) in [4.78, 5) is 35.3. The van der Waals surface area contributed by atoms with E-state index in [-0.39, 0.29) is 27.6 Å². The van der Waals surface area contributed by atoms with Crippen LogP contribution >= 0.6 is 0 Å². The number of nitro benzene ring substituents is 1. The number of carbonyl (C=O) groups excluding carboxylic acids is 2. The largest absolute Gasteiger partial charge is 0.495 e. The number of carbonyl (C=O) groups is 2. The Balaban J connectivity index is 1.77. The molecule has 1 unspecified atom stereocenters. The van der Waals surface area contributed by atoms with E-state index in [2.05, 4.69) is 5.32 Å². The molecular formula is C21H23N3O8S. The van der Waals surface area contributed by atoms with Crippen molar-refractivity contribution in [2.24, 2.45) is 0 Å². The standard InChI is InChI=1S/C21H23N3O8S/c1-14(20(25)22-16-7-3-4-8-17(16)24(27)28)32-21(26)15-9-10-18(31-2)19(13-15)33(29,30)23-11-5-6-12-23/h3-4,7-10,13-14H,5-6,11-12H2,1-2H3,(H,22,25). The molecule has 176 valence electrons. The predicted octanol–water partition coefficient (Wildman–Crippen LogP) is 2.57. The normalized spacial score (nSPS) is 15.0. The molecule has 0 aliphatic carbocycles. The SMILES string of the molecule is COc1ccc(C(=O)OC(C)C(=O)Nc2ccccc2[N+](=O)[O-])cc1S(=O)(=O)N1CCCC1. The molecule has 1 amide bonds. The Morgan fingerprint density at radius 3 is 2.45 bits per heavy atom. The van der Waals surface area contributed by atoms with Crippen LogP contribution in [0.2, 0.25) is 0 Å². The Kier molecular flexibility index (Phi) is 7.29. The summed E-state index contributed by atoms with van der Waals surface area (Å²) < 4.78 is 37.6. The van der Waals surface area contributed by atoms with E-state index in [1.54, 1.807) is 0 Å². The molecule has 33 heavy (non-hydrogen) atoms. The quantitative estimate of drug-likeness (QED) is 0.347. The zero-order valence-electron chi connectivity index (χ0n) is 18.0. The zero-order chi connectivity index (χ0) is 24.2. The van der Waals surface area contributed by atoms with Gasteiger partial charge in [-0.05, 0) is 44.0 Å². The molecule has 0 bridgehead atoms. The summed E-state index contributed by atoms with van der Waals surface area (Å²) in [6.07, 6.45) is 0.184. The van der Waals surface area contributed by atoms with Crippen molar-refractivity contribution in [3.05, 3.63) is 58.1 Å². The van der Waals surface area contributed by atoms with E-state index in [9.17, 15) is 28.1 Å². The Morgan fingerprint density at radius 2 is 1.82 bits per heavy atom. The van der Waals surface area contributed by atoms with E-state index in [1.165, 1.54) is 54.7 Å². The average molecular weight is 477 g/mol. The fourth-order valence-electron chi connectivity index (χ4n) is 3.33. The van der Waals surface area contributed by atoms with Gasteiger partial charge in [-0.15, -0.1) is 0 Å². The predicted molar refractivity (Wildman–Crippen MR) is 118 cm³/mol. The minimum absolute atomic E-state index is 0.0427. The van der Waals surface area contributed by atoms with Crippen molar-refractivity contribution < 1.29 is 32.4 Å². The minimum atomic E-state index is -3.88. The third kappa shape index (κ3) is 5.29. The van der Waals surface area contributed by atoms with Gasteiger partial charge in [0.05, 0.1) is 17.6 Å². The monoisotopic (exact) mass is 477 g/mol. The van der Waals surface area contributed by atoms with Crippen LogP contribution in [0.5, 0.6) is 5.75 Å². The molecule has 2 aromatic carbocycles. The first kappa shape index (κ1) is 24.1. The van der Waals surface area contributed by atoms with Gasteiger partial charge in [-0.25, -0.2) is 13.2 Å². The number of nitro groups is 1. The molecule has 1 atom stereocenters. The highest BCUT2D eigenvalue weighted by atomic mass is 32.2. The number of esters is 1. The summed E-state index contributed by atoms with van der Waals surface area (Å²) in [7, 11) is -2.55. The van der Waals surface area contributed by atoms with E-state index >= 15 is 0 Å².